The lowest BCUT2D eigenvalue weighted by Crippen LogP contribution is -2.16. The van der Waals surface area contributed by atoms with E-state index in [4.69, 9.17) is 0 Å². The Kier molecular flexibility index (Phi) is 3.75. The van der Waals surface area contributed by atoms with Gasteiger partial charge in [-0.1, -0.05) is 29.8 Å². The van der Waals surface area contributed by atoms with Crippen molar-refractivity contribution in [1.82, 2.24) is 0 Å². The van der Waals surface area contributed by atoms with Gasteiger partial charge in [-0.25, -0.2) is 4.98 Å². The van der Waals surface area contributed by atoms with Crippen molar-refractivity contribution in [3.63, 3.8) is 0 Å². The predicted octanol–water partition coefficient (Wildman–Crippen LogP) is 2.89. The van der Waals surface area contributed by atoms with Gasteiger partial charge in [0.05, 0.1) is 4.92 Å². The summed E-state index contributed by atoms with van der Waals surface area (Å²) in [7, 11) is 0. The van der Waals surface area contributed by atoms with Gasteiger partial charge in [-0.05, 0) is 19.4 Å². The first-order valence-corrected chi connectivity index (χ1v) is 6.05. The molecule has 0 aliphatic carbocycles. The van der Waals surface area contributed by atoms with E-state index >= 15 is 0 Å². The minimum Gasteiger partial charge on any atom is -0.268 e. The summed E-state index contributed by atoms with van der Waals surface area (Å²) in [5.41, 5.74) is 2.43. The van der Waals surface area contributed by atoms with E-state index in [0.717, 1.165) is 5.82 Å². The molecule has 2 aromatic rings. The van der Waals surface area contributed by atoms with Gasteiger partial charge in [0.15, 0.2) is 6.20 Å². The molecule has 0 amide bonds. The van der Waals surface area contributed by atoms with Crippen molar-refractivity contribution < 1.29 is 9.91 Å². The molecule has 98 valence electrons. The summed E-state index contributed by atoms with van der Waals surface area (Å²) in [6, 6.07) is 11.5. The zero-order valence-corrected chi connectivity index (χ0v) is 10.9. The van der Waals surface area contributed by atoms with Gasteiger partial charge in [0.2, 0.25) is 0 Å². The molecular formula is C14H16N3O2+. The average molecular weight is 258 g/mol. The minimum atomic E-state index is -0.426. The summed E-state index contributed by atoms with van der Waals surface area (Å²) in [5, 5.41) is 13.8. The van der Waals surface area contributed by atoms with E-state index in [-0.39, 0.29) is 11.7 Å². The van der Waals surface area contributed by atoms with Gasteiger partial charge in [0, 0.05) is 12.1 Å². The molecular weight excluding hydrogens is 242 g/mol. The van der Waals surface area contributed by atoms with Crippen LogP contribution >= 0.6 is 0 Å². The number of hydrogen-bond acceptors (Lipinski definition) is 3. The number of hydrogen-bond donors (Lipinski definition) is 1. The standard InChI is InChI=1S/C14H15N3O2/c1-10-4-3-5-12(8-10)11(2)16-14-7-6-13(9-15-14)17(18)19/h3-9,11H,1-2H3,(H,15,16)/p+1/t11-/m0/s1. The van der Waals surface area contributed by atoms with E-state index in [1.165, 1.54) is 23.4 Å². The Hall–Kier alpha value is -2.43. The van der Waals surface area contributed by atoms with Crippen LogP contribution in [0.3, 0.4) is 0 Å². The number of H-pyrrole nitrogens is 1. The monoisotopic (exact) mass is 258 g/mol. The molecule has 2 N–H and O–H groups in total. The normalized spacial score (nSPS) is 11.9. The average Bonchev–Trinajstić information content (AvgIpc) is 2.39. The number of aryl methyl sites for hydroxylation is 1. The Morgan fingerprint density at radius 2 is 2.11 bits per heavy atom. The van der Waals surface area contributed by atoms with Crippen LogP contribution in [0.2, 0.25) is 0 Å². The third-order valence-corrected chi connectivity index (χ3v) is 2.92. The lowest BCUT2D eigenvalue weighted by Gasteiger charge is -2.09. The maximum Gasteiger partial charge on any atom is 0.308 e. The largest absolute Gasteiger partial charge is 0.308 e. The van der Waals surface area contributed by atoms with Gasteiger partial charge < -0.3 is 0 Å². The van der Waals surface area contributed by atoms with Gasteiger partial charge in [-0.15, -0.1) is 0 Å². The van der Waals surface area contributed by atoms with Gasteiger partial charge >= 0.3 is 5.69 Å². The van der Waals surface area contributed by atoms with Gasteiger partial charge in [0.25, 0.3) is 5.82 Å². The highest BCUT2D eigenvalue weighted by atomic mass is 16.6. The first-order chi connectivity index (χ1) is 9.06. The van der Waals surface area contributed by atoms with Crippen LogP contribution in [0.1, 0.15) is 24.1 Å². The molecule has 0 spiro atoms. The molecule has 0 unspecified atom stereocenters. The summed E-state index contributed by atoms with van der Waals surface area (Å²) in [5.74, 6) is 0.750. The third kappa shape index (κ3) is 3.28. The molecule has 0 aliphatic rings. The first-order valence-electron chi connectivity index (χ1n) is 6.05. The zero-order chi connectivity index (χ0) is 13.8. The second-order valence-corrected chi connectivity index (χ2v) is 4.50. The summed E-state index contributed by atoms with van der Waals surface area (Å²) in [6.45, 7) is 4.10. The van der Waals surface area contributed by atoms with E-state index in [1.54, 1.807) is 6.07 Å². The van der Waals surface area contributed by atoms with E-state index in [9.17, 15) is 10.1 Å². The van der Waals surface area contributed by atoms with Gasteiger partial charge in [0.1, 0.15) is 6.04 Å². The second kappa shape index (κ2) is 5.48. The maximum absolute atomic E-state index is 10.6. The van der Waals surface area contributed by atoms with Crippen LogP contribution in [-0.4, -0.2) is 4.92 Å². The molecule has 0 saturated heterocycles. The Balaban J connectivity index is 2.10. The fraction of sp³-hybridized carbons (Fsp3) is 0.214. The Labute approximate surface area is 111 Å². The Morgan fingerprint density at radius 1 is 1.32 bits per heavy atom. The molecule has 1 aromatic carbocycles. The van der Waals surface area contributed by atoms with Crippen molar-refractivity contribution in [2.75, 3.05) is 5.32 Å². The van der Waals surface area contributed by atoms with Crippen LogP contribution in [0.4, 0.5) is 11.5 Å². The van der Waals surface area contributed by atoms with Crippen LogP contribution in [0.25, 0.3) is 0 Å². The molecule has 1 atom stereocenters. The van der Waals surface area contributed by atoms with E-state index in [1.807, 2.05) is 26.0 Å². The zero-order valence-electron chi connectivity index (χ0n) is 10.9. The molecule has 0 bridgehead atoms. The predicted molar refractivity (Wildman–Crippen MR) is 72.9 cm³/mol. The maximum atomic E-state index is 10.6. The molecule has 1 aromatic heterocycles. The lowest BCUT2D eigenvalue weighted by molar-refractivity contribution is -0.413. The minimum absolute atomic E-state index is 0.0498. The van der Waals surface area contributed by atoms with Crippen molar-refractivity contribution in [3.05, 3.63) is 63.8 Å². The fourth-order valence-corrected chi connectivity index (χ4v) is 1.88. The molecule has 5 nitrogen and oxygen atoms in total. The van der Waals surface area contributed by atoms with E-state index in [0.29, 0.717) is 0 Å². The highest BCUT2D eigenvalue weighted by Gasteiger charge is 2.13. The molecule has 0 radical (unpaired) electrons. The number of benzene rings is 1. The smallest absolute Gasteiger partial charge is 0.268 e. The van der Waals surface area contributed by atoms with Crippen LogP contribution in [-0.2, 0) is 0 Å². The number of aromatic nitrogens is 1. The molecule has 2 rings (SSSR count). The van der Waals surface area contributed by atoms with Crippen LogP contribution in [0.5, 0.6) is 0 Å². The van der Waals surface area contributed by atoms with Crippen LogP contribution in [0.15, 0.2) is 42.6 Å². The lowest BCUT2D eigenvalue weighted by atomic mass is 10.1. The Bertz CT molecular complexity index is 581. The second-order valence-electron chi connectivity index (χ2n) is 4.50. The SMILES string of the molecule is Cc1cccc([C@H](C)Nc2ccc([N+](=O)[O-])c[nH+]2)c1. The van der Waals surface area contributed by atoms with Crippen molar-refractivity contribution >= 4 is 11.5 Å². The van der Waals surface area contributed by atoms with Crippen LogP contribution < -0.4 is 10.3 Å². The number of rotatable bonds is 4. The van der Waals surface area contributed by atoms with E-state index < -0.39 is 4.92 Å². The van der Waals surface area contributed by atoms with E-state index in [2.05, 4.69) is 22.4 Å². The molecule has 19 heavy (non-hydrogen) atoms. The van der Waals surface area contributed by atoms with Gasteiger partial charge in [-0.3, -0.25) is 15.4 Å². The van der Waals surface area contributed by atoms with Crippen LogP contribution in [0, 0.1) is 17.0 Å². The highest BCUT2D eigenvalue weighted by Crippen LogP contribution is 2.18. The summed E-state index contributed by atoms with van der Waals surface area (Å²) in [4.78, 5) is 13.0. The number of nitro groups is 1. The third-order valence-electron chi connectivity index (χ3n) is 2.92. The van der Waals surface area contributed by atoms with Crippen molar-refractivity contribution in [1.29, 1.82) is 0 Å². The quantitative estimate of drug-likeness (QED) is 0.677. The number of pyridine rings is 1. The summed E-state index contributed by atoms with van der Waals surface area (Å²) < 4.78 is 0. The Morgan fingerprint density at radius 3 is 2.68 bits per heavy atom. The molecule has 0 fully saturated rings. The molecule has 0 saturated carbocycles. The number of anilines is 1. The number of aromatic amines is 1. The van der Waals surface area contributed by atoms with Crippen molar-refractivity contribution in [3.8, 4) is 0 Å². The first kappa shape index (κ1) is 13.0. The number of nitrogens with one attached hydrogen (secondary N) is 2. The number of nitrogens with zero attached hydrogens (tertiary/aromatic N) is 1. The fourth-order valence-electron chi connectivity index (χ4n) is 1.88. The summed E-state index contributed by atoms with van der Waals surface area (Å²) >= 11 is 0. The topological polar surface area (TPSA) is 69.3 Å². The van der Waals surface area contributed by atoms with Crippen molar-refractivity contribution in [2.24, 2.45) is 0 Å². The highest BCUT2D eigenvalue weighted by molar-refractivity contribution is 5.37. The molecule has 0 aliphatic heterocycles. The molecule has 1 heterocycles. The van der Waals surface area contributed by atoms with Gasteiger partial charge in [-0.2, -0.15) is 0 Å². The summed E-state index contributed by atoms with van der Waals surface area (Å²) in [6.07, 6.45) is 1.38. The van der Waals surface area contributed by atoms with Crippen molar-refractivity contribution in [2.45, 2.75) is 19.9 Å². The molecule has 5 heteroatoms.